The normalized spacial score (nSPS) is 31.3. The number of ether oxygens (including phenoxy) is 1. The van der Waals surface area contributed by atoms with Crippen LogP contribution in [-0.2, 0) is 10.0 Å². The predicted molar refractivity (Wildman–Crippen MR) is 88.0 cm³/mol. The second-order valence-electron chi connectivity index (χ2n) is 7.07. The molecule has 2 heterocycles. The van der Waals surface area contributed by atoms with Crippen molar-refractivity contribution in [2.24, 2.45) is 5.92 Å². The van der Waals surface area contributed by atoms with Gasteiger partial charge in [-0.3, -0.25) is 0 Å². The molecule has 5 nitrogen and oxygen atoms in total. The summed E-state index contributed by atoms with van der Waals surface area (Å²) in [7, 11) is -1.39. The van der Waals surface area contributed by atoms with E-state index in [4.69, 9.17) is 4.74 Å². The maximum absolute atomic E-state index is 13.3. The van der Waals surface area contributed by atoms with Crippen molar-refractivity contribution in [3.8, 4) is 5.75 Å². The molecule has 3 aliphatic rings. The van der Waals surface area contributed by atoms with Gasteiger partial charge in [0.25, 0.3) is 0 Å². The Morgan fingerprint density at radius 3 is 2.65 bits per heavy atom. The molecular formula is C17H24N2O3S. The zero-order valence-electron chi connectivity index (χ0n) is 13.5. The van der Waals surface area contributed by atoms with Crippen LogP contribution in [-0.4, -0.2) is 56.5 Å². The third-order valence-electron chi connectivity index (χ3n) is 5.25. The highest BCUT2D eigenvalue weighted by molar-refractivity contribution is 7.89. The summed E-state index contributed by atoms with van der Waals surface area (Å²) in [4.78, 5) is 2.60. The zero-order chi connectivity index (χ0) is 16.0. The fourth-order valence-electron chi connectivity index (χ4n) is 3.67. The molecule has 1 saturated heterocycles. The van der Waals surface area contributed by atoms with Crippen molar-refractivity contribution >= 4 is 10.0 Å². The van der Waals surface area contributed by atoms with Gasteiger partial charge in [0.2, 0.25) is 10.0 Å². The molecule has 4 rings (SSSR count). The van der Waals surface area contributed by atoms with Gasteiger partial charge in [0.1, 0.15) is 16.7 Å². The number of hydrogen-bond acceptors (Lipinski definition) is 4. The molecule has 0 unspecified atom stereocenters. The standard InChI is InChI=1S/C17H24N2O3S/c1-18-10-8-14-15(9-11-18)22-16-4-2-3-5-17(16)23(20,21)19(14)12-13-6-7-13/h2-5,13-15H,6-12H2,1H3/t14-,15-/m0/s1. The lowest BCUT2D eigenvalue weighted by atomic mass is 10.1. The lowest BCUT2D eigenvalue weighted by Crippen LogP contribution is -2.48. The molecule has 1 aromatic carbocycles. The molecule has 2 atom stereocenters. The van der Waals surface area contributed by atoms with Crippen LogP contribution in [0.5, 0.6) is 5.75 Å². The summed E-state index contributed by atoms with van der Waals surface area (Å²) in [5.41, 5.74) is 0. The third-order valence-corrected chi connectivity index (χ3v) is 7.18. The van der Waals surface area contributed by atoms with E-state index in [1.54, 1.807) is 22.5 Å². The van der Waals surface area contributed by atoms with Crippen LogP contribution >= 0.6 is 0 Å². The smallest absolute Gasteiger partial charge is 0.247 e. The molecule has 126 valence electrons. The monoisotopic (exact) mass is 336 g/mol. The second kappa shape index (κ2) is 5.76. The minimum atomic E-state index is -3.49. The molecule has 0 aromatic heterocycles. The number of likely N-dealkylation sites (tertiary alicyclic amines) is 1. The minimum absolute atomic E-state index is 0.0575. The average molecular weight is 336 g/mol. The minimum Gasteiger partial charge on any atom is -0.487 e. The largest absolute Gasteiger partial charge is 0.487 e. The quantitative estimate of drug-likeness (QED) is 0.828. The van der Waals surface area contributed by atoms with Crippen LogP contribution in [0.25, 0.3) is 0 Å². The van der Waals surface area contributed by atoms with Crippen LogP contribution in [0, 0.1) is 5.92 Å². The van der Waals surface area contributed by atoms with Crippen molar-refractivity contribution in [2.45, 2.75) is 42.7 Å². The Kier molecular flexibility index (Phi) is 3.86. The first-order valence-corrected chi connectivity index (χ1v) is 9.96. The fourth-order valence-corrected chi connectivity index (χ4v) is 5.55. The topological polar surface area (TPSA) is 49.9 Å². The fraction of sp³-hybridized carbons (Fsp3) is 0.647. The molecule has 1 aliphatic carbocycles. The molecule has 2 fully saturated rings. The molecule has 2 aliphatic heterocycles. The number of hydrogen-bond donors (Lipinski definition) is 0. The van der Waals surface area contributed by atoms with Crippen molar-refractivity contribution in [3.63, 3.8) is 0 Å². The summed E-state index contributed by atoms with van der Waals surface area (Å²) in [5, 5.41) is 0. The van der Waals surface area contributed by atoms with E-state index in [9.17, 15) is 8.42 Å². The van der Waals surface area contributed by atoms with Gasteiger partial charge in [-0.2, -0.15) is 4.31 Å². The van der Waals surface area contributed by atoms with Gasteiger partial charge >= 0.3 is 0 Å². The summed E-state index contributed by atoms with van der Waals surface area (Å²) in [6, 6.07) is 7.05. The Morgan fingerprint density at radius 1 is 1.13 bits per heavy atom. The van der Waals surface area contributed by atoms with Crippen LogP contribution in [0.4, 0.5) is 0 Å². The summed E-state index contributed by atoms with van der Waals surface area (Å²) in [5.74, 6) is 1.04. The molecule has 0 radical (unpaired) electrons. The van der Waals surface area contributed by atoms with Gasteiger partial charge < -0.3 is 9.64 Å². The molecule has 1 saturated carbocycles. The number of sulfonamides is 1. The maximum atomic E-state index is 13.3. The van der Waals surface area contributed by atoms with Gasteiger partial charge in [-0.1, -0.05) is 12.1 Å². The van der Waals surface area contributed by atoms with E-state index in [1.807, 2.05) is 6.07 Å². The number of rotatable bonds is 2. The number of para-hydroxylation sites is 1. The van der Waals surface area contributed by atoms with Crippen LogP contribution in [0.15, 0.2) is 29.2 Å². The van der Waals surface area contributed by atoms with Gasteiger partial charge in [0.15, 0.2) is 0 Å². The molecular weight excluding hydrogens is 312 g/mol. The lowest BCUT2D eigenvalue weighted by Gasteiger charge is -2.31. The van der Waals surface area contributed by atoms with E-state index >= 15 is 0 Å². The molecule has 0 N–H and O–H groups in total. The van der Waals surface area contributed by atoms with Crippen molar-refractivity contribution in [3.05, 3.63) is 24.3 Å². The first-order valence-electron chi connectivity index (χ1n) is 8.52. The van der Waals surface area contributed by atoms with Gasteiger partial charge in [0, 0.05) is 13.1 Å². The summed E-state index contributed by atoms with van der Waals surface area (Å²) in [6.07, 6.45) is 3.93. The highest BCUT2D eigenvalue weighted by Gasteiger charge is 2.44. The van der Waals surface area contributed by atoms with Crippen LogP contribution in [0.2, 0.25) is 0 Å². The molecule has 0 spiro atoms. The van der Waals surface area contributed by atoms with Crippen molar-refractivity contribution in [1.82, 2.24) is 9.21 Å². The van der Waals surface area contributed by atoms with E-state index in [0.717, 1.165) is 38.8 Å². The molecule has 0 amide bonds. The van der Waals surface area contributed by atoms with Crippen LogP contribution < -0.4 is 4.74 Å². The van der Waals surface area contributed by atoms with E-state index in [2.05, 4.69) is 11.9 Å². The van der Waals surface area contributed by atoms with Gasteiger partial charge in [-0.05, 0) is 57.3 Å². The molecule has 1 aromatic rings. The van der Waals surface area contributed by atoms with Gasteiger partial charge in [-0.15, -0.1) is 0 Å². The van der Waals surface area contributed by atoms with Crippen molar-refractivity contribution in [2.75, 3.05) is 26.7 Å². The van der Waals surface area contributed by atoms with Crippen molar-refractivity contribution < 1.29 is 13.2 Å². The third kappa shape index (κ3) is 2.88. The van der Waals surface area contributed by atoms with E-state index in [0.29, 0.717) is 23.1 Å². The predicted octanol–water partition coefficient (Wildman–Crippen LogP) is 1.94. The average Bonchev–Trinajstić information content (AvgIpc) is 3.35. The molecule has 0 bridgehead atoms. The van der Waals surface area contributed by atoms with E-state index in [-0.39, 0.29) is 12.1 Å². The highest BCUT2D eigenvalue weighted by Crippen LogP contribution is 2.39. The molecule has 6 heteroatoms. The van der Waals surface area contributed by atoms with E-state index in [1.165, 1.54) is 0 Å². The summed E-state index contributed by atoms with van der Waals surface area (Å²) < 4.78 is 34.5. The zero-order valence-corrected chi connectivity index (χ0v) is 14.3. The number of fused-ring (bicyclic) bond motifs is 2. The van der Waals surface area contributed by atoms with Gasteiger partial charge in [0.05, 0.1) is 6.04 Å². The summed E-state index contributed by atoms with van der Waals surface area (Å²) >= 11 is 0. The van der Waals surface area contributed by atoms with Crippen molar-refractivity contribution in [1.29, 1.82) is 0 Å². The Balaban J connectivity index is 1.78. The van der Waals surface area contributed by atoms with Crippen LogP contribution in [0.3, 0.4) is 0 Å². The SMILES string of the molecule is CN1CC[C@@H]2Oc3ccccc3S(=O)(=O)N(CC3CC3)[C@H]2CC1. The van der Waals surface area contributed by atoms with E-state index < -0.39 is 10.0 Å². The second-order valence-corrected chi connectivity index (χ2v) is 8.93. The van der Waals surface area contributed by atoms with Crippen LogP contribution in [0.1, 0.15) is 25.7 Å². The Labute approximate surface area is 138 Å². The maximum Gasteiger partial charge on any atom is 0.247 e. The summed E-state index contributed by atoms with van der Waals surface area (Å²) in [6.45, 7) is 2.50. The number of nitrogens with zero attached hydrogens (tertiary/aromatic N) is 2. The Morgan fingerprint density at radius 2 is 1.87 bits per heavy atom. The first kappa shape index (κ1) is 15.4. The number of benzene rings is 1. The Bertz CT molecular complexity index is 687. The highest BCUT2D eigenvalue weighted by atomic mass is 32.2. The molecule has 23 heavy (non-hydrogen) atoms. The van der Waals surface area contributed by atoms with Gasteiger partial charge in [-0.25, -0.2) is 8.42 Å². The first-order chi connectivity index (χ1) is 11.1. The Hall–Kier alpha value is -1.11. The lowest BCUT2D eigenvalue weighted by molar-refractivity contribution is 0.111.